The Kier molecular flexibility index (Phi) is 6.28. The van der Waals surface area contributed by atoms with Gasteiger partial charge in [-0.05, 0) is 34.0 Å². The predicted octanol–water partition coefficient (Wildman–Crippen LogP) is 3.53. The van der Waals surface area contributed by atoms with Crippen molar-refractivity contribution in [2.75, 3.05) is 12.9 Å². The molecule has 2 aromatic heterocycles. The number of fused-ring (bicyclic) bond motifs is 1. The van der Waals surface area contributed by atoms with Crippen molar-refractivity contribution in [3.8, 4) is 11.6 Å². The molecule has 2 aromatic rings. The fourth-order valence-corrected chi connectivity index (χ4v) is 2.77. The van der Waals surface area contributed by atoms with E-state index in [9.17, 15) is 26.4 Å². The van der Waals surface area contributed by atoms with Gasteiger partial charge in [0.25, 0.3) is 5.76 Å². The van der Waals surface area contributed by atoms with Crippen molar-refractivity contribution in [2.24, 2.45) is 0 Å². The molecular formula is C15H17F3N2O7S2. The molecule has 0 fully saturated rings. The van der Waals surface area contributed by atoms with Gasteiger partial charge in [-0.15, -0.1) is 0 Å². The maximum Gasteiger partial charge on any atom is 0.534 e. The first kappa shape index (κ1) is 23.1. The number of carbonyl (C=O) groups excluding carboxylic acids is 1. The van der Waals surface area contributed by atoms with Crippen molar-refractivity contribution in [1.29, 1.82) is 0 Å². The number of carbonyl (C=O) groups is 1. The molecule has 0 aliphatic carbocycles. The van der Waals surface area contributed by atoms with Gasteiger partial charge in [0, 0.05) is 0 Å². The van der Waals surface area contributed by atoms with Crippen LogP contribution in [0.3, 0.4) is 0 Å². The van der Waals surface area contributed by atoms with E-state index in [4.69, 9.17) is 13.9 Å². The highest BCUT2D eigenvalue weighted by molar-refractivity contribution is 7.98. The first-order valence-electron chi connectivity index (χ1n) is 7.95. The van der Waals surface area contributed by atoms with Gasteiger partial charge in [-0.25, -0.2) is 4.79 Å². The van der Waals surface area contributed by atoms with E-state index in [0.717, 1.165) is 11.8 Å². The summed E-state index contributed by atoms with van der Waals surface area (Å²) in [6.07, 6.45) is 1.61. The first-order chi connectivity index (χ1) is 13.2. The summed E-state index contributed by atoms with van der Waals surface area (Å²) in [5.74, 6) is -3.55. The van der Waals surface area contributed by atoms with Crippen molar-refractivity contribution >= 4 is 38.9 Å². The lowest BCUT2D eigenvalue weighted by molar-refractivity contribution is -0.0500. The van der Waals surface area contributed by atoms with Crippen LogP contribution in [-0.4, -0.2) is 48.3 Å². The lowest BCUT2D eigenvalue weighted by Crippen LogP contribution is -2.28. The third-order valence-corrected chi connectivity index (χ3v) is 4.48. The average Bonchev–Trinajstić information content (AvgIpc) is 2.90. The van der Waals surface area contributed by atoms with E-state index in [1.807, 2.05) is 0 Å². The van der Waals surface area contributed by atoms with E-state index >= 15 is 0 Å². The second kappa shape index (κ2) is 7.89. The Bertz CT molecular complexity index is 1030. The smallest absolute Gasteiger partial charge is 0.471 e. The van der Waals surface area contributed by atoms with Crippen molar-refractivity contribution < 1.29 is 44.5 Å². The maximum absolute atomic E-state index is 12.9. The Morgan fingerprint density at radius 2 is 1.83 bits per heavy atom. The predicted molar refractivity (Wildman–Crippen MR) is 95.5 cm³/mol. The molecule has 0 radical (unpaired) electrons. The van der Waals surface area contributed by atoms with Crippen LogP contribution in [0.15, 0.2) is 9.57 Å². The first-order valence-corrected chi connectivity index (χ1v) is 10.6. The van der Waals surface area contributed by atoms with Crippen LogP contribution >= 0.6 is 11.8 Å². The molecule has 2 heterocycles. The summed E-state index contributed by atoms with van der Waals surface area (Å²) >= 11 is 1.06. The fraction of sp³-hybridized carbons (Fsp3) is 0.533. The number of furan rings is 1. The van der Waals surface area contributed by atoms with Gasteiger partial charge in [-0.2, -0.15) is 31.6 Å². The van der Waals surface area contributed by atoms with Crippen molar-refractivity contribution in [3.63, 3.8) is 0 Å². The van der Waals surface area contributed by atoms with E-state index in [1.54, 1.807) is 27.0 Å². The number of nitrogens with zero attached hydrogens (tertiary/aromatic N) is 2. The molecule has 0 bridgehead atoms. The highest BCUT2D eigenvalue weighted by atomic mass is 32.2. The van der Waals surface area contributed by atoms with Gasteiger partial charge in [0.1, 0.15) is 11.0 Å². The van der Waals surface area contributed by atoms with E-state index < -0.39 is 49.8 Å². The van der Waals surface area contributed by atoms with Crippen LogP contribution in [-0.2, 0) is 14.9 Å². The number of ether oxygens (including phenoxy) is 2. The SMILES string of the molecule is CCOC(=O)c1oc2nc(SC)nc(OC(C)(C)C)c2c1OS(=O)(=O)C(F)(F)F. The number of aromatic nitrogens is 2. The van der Waals surface area contributed by atoms with Crippen LogP contribution in [0.2, 0.25) is 0 Å². The summed E-state index contributed by atoms with van der Waals surface area (Å²) in [7, 11) is -6.14. The topological polar surface area (TPSA) is 118 Å². The number of alkyl halides is 3. The standard InChI is InChI=1S/C15H17F3N2O7S2/c1-6-24-12(21)9-8(27-29(22,23)15(16,17)18)7-10(25-9)19-13(28-5)20-11(7)26-14(2,3)4/h6H2,1-5H3. The zero-order valence-corrected chi connectivity index (χ0v) is 17.5. The highest BCUT2D eigenvalue weighted by Gasteiger charge is 2.50. The minimum atomic E-state index is -6.14. The van der Waals surface area contributed by atoms with E-state index in [0.29, 0.717) is 0 Å². The number of halogens is 3. The molecule has 0 amide bonds. The van der Waals surface area contributed by atoms with Gasteiger partial charge >= 0.3 is 21.6 Å². The summed E-state index contributed by atoms with van der Waals surface area (Å²) in [6.45, 7) is 6.15. The molecule has 0 atom stereocenters. The van der Waals surface area contributed by atoms with Crippen LogP contribution < -0.4 is 8.92 Å². The third kappa shape index (κ3) is 5.04. The van der Waals surface area contributed by atoms with Crippen LogP contribution in [0.1, 0.15) is 38.2 Å². The molecule has 0 N–H and O–H groups in total. The molecular weight excluding hydrogens is 441 g/mol. The van der Waals surface area contributed by atoms with Gasteiger partial charge < -0.3 is 18.1 Å². The molecule has 0 aliphatic rings. The molecule has 14 heteroatoms. The van der Waals surface area contributed by atoms with Crippen molar-refractivity contribution in [3.05, 3.63) is 5.76 Å². The maximum atomic E-state index is 12.9. The molecule has 0 aromatic carbocycles. The third-order valence-electron chi connectivity index (χ3n) is 2.98. The van der Waals surface area contributed by atoms with Gasteiger partial charge in [0.05, 0.1) is 6.61 Å². The lowest BCUT2D eigenvalue weighted by Gasteiger charge is -2.21. The molecule has 0 saturated carbocycles. The lowest BCUT2D eigenvalue weighted by atomic mass is 10.2. The minimum Gasteiger partial charge on any atom is -0.471 e. The van der Waals surface area contributed by atoms with Gasteiger partial charge in [-0.1, -0.05) is 11.8 Å². The fourth-order valence-electron chi connectivity index (χ4n) is 1.95. The Balaban J connectivity index is 2.85. The summed E-state index contributed by atoms with van der Waals surface area (Å²) in [6, 6.07) is 0. The number of hydrogen-bond acceptors (Lipinski definition) is 10. The van der Waals surface area contributed by atoms with Crippen LogP contribution in [0, 0.1) is 0 Å². The second-order valence-electron chi connectivity index (χ2n) is 6.37. The Morgan fingerprint density at radius 1 is 1.21 bits per heavy atom. The molecule has 29 heavy (non-hydrogen) atoms. The largest absolute Gasteiger partial charge is 0.534 e. The average molecular weight is 458 g/mol. The van der Waals surface area contributed by atoms with Crippen molar-refractivity contribution in [1.82, 2.24) is 9.97 Å². The number of esters is 1. The van der Waals surface area contributed by atoms with Crippen molar-refractivity contribution in [2.45, 2.75) is 44.0 Å². The summed E-state index contributed by atoms with van der Waals surface area (Å²) in [4.78, 5) is 20.1. The number of hydrogen-bond donors (Lipinski definition) is 0. The molecule has 9 nitrogen and oxygen atoms in total. The monoisotopic (exact) mass is 458 g/mol. The zero-order valence-electron chi connectivity index (χ0n) is 15.9. The quantitative estimate of drug-likeness (QED) is 0.209. The molecule has 162 valence electrons. The van der Waals surface area contributed by atoms with Crippen LogP contribution in [0.5, 0.6) is 11.6 Å². The number of thioether (sulfide) groups is 1. The minimum absolute atomic E-state index is 0.103. The highest BCUT2D eigenvalue weighted by Crippen LogP contribution is 2.42. The summed E-state index contributed by atoms with van der Waals surface area (Å²) < 4.78 is 81.5. The van der Waals surface area contributed by atoms with Crippen LogP contribution in [0.4, 0.5) is 13.2 Å². The van der Waals surface area contributed by atoms with E-state index in [2.05, 4.69) is 14.2 Å². The van der Waals surface area contributed by atoms with Gasteiger partial charge in [-0.3, -0.25) is 0 Å². The molecule has 0 aliphatic heterocycles. The van der Waals surface area contributed by atoms with E-state index in [-0.39, 0.29) is 17.6 Å². The van der Waals surface area contributed by atoms with Crippen LogP contribution in [0.25, 0.3) is 11.1 Å². The zero-order chi connectivity index (χ0) is 22.2. The van der Waals surface area contributed by atoms with E-state index in [1.165, 1.54) is 6.92 Å². The number of rotatable bonds is 6. The molecule has 0 spiro atoms. The second-order valence-corrected chi connectivity index (χ2v) is 8.69. The molecule has 0 unspecified atom stereocenters. The van der Waals surface area contributed by atoms with Gasteiger partial charge in [0.15, 0.2) is 5.16 Å². The summed E-state index contributed by atoms with van der Waals surface area (Å²) in [5, 5.41) is -0.347. The molecule has 2 rings (SSSR count). The Hall–Kier alpha value is -2.22. The molecule has 0 saturated heterocycles. The van der Waals surface area contributed by atoms with Gasteiger partial charge in [0.2, 0.25) is 17.3 Å². The Morgan fingerprint density at radius 3 is 2.31 bits per heavy atom. The summed E-state index contributed by atoms with van der Waals surface area (Å²) in [5.41, 5.74) is -7.05. The Labute approximate surface area is 168 Å². The normalized spacial score (nSPS) is 12.8.